The predicted octanol–water partition coefficient (Wildman–Crippen LogP) is 0.270. The molecule has 0 aromatic heterocycles. The number of benzene rings is 1. The van der Waals surface area contributed by atoms with E-state index in [-0.39, 0.29) is 24.5 Å². The van der Waals surface area contributed by atoms with Gasteiger partial charge in [-0.05, 0) is 23.6 Å². The predicted molar refractivity (Wildman–Crippen MR) is 51.1 cm³/mol. The molecule has 0 radical (unpaired) electrons. The van der Waals surface area contributed by atoms with Crippen molar-refractivity contribution < 1.29 is 15.3 Å². The molecule has 0 atom stereocenters. The molecular formula is C10H9N2O3-. The highest BCUT2D eigenvalue weighted by Crippen LogP contribution is 2.24. The maximum Gasteiger partial charge on any atom is 0.157 e. The van der Waals surface area contributed by atoms with Crippen LogP contribution in [0.15, 0.2) is 23.2 Å². The molecule has 0 heterocycles. The number of aliphatic imine (C=N–C) groups is 1. The smallest absolute Gasteiger partial charge is 0.157 e. The van der Waals surface area contributed by atoms with Crippen molar-refractivity contribution in [2.75, 3.05) is 0 Å². The molecule has 0 aliphatic carbocycles. The Bertz CT molecular complexity index is 421. The van der Waals surface area contributed by atoms with E-state index in [4.69, 9.17) is 15.5 Å². The number of phenols is 2. The van der Waals surface area contributed by atoms with Crippen LogP contribution in [0.2, 0.25) is 0 Å². The average molecular weight is 205 g/mol. The Kier molecular flexibility index (Phi) is 3.52. The maximum absolute atomic E-state index is 10.9. The van der Waals surface area contributed by atoms with E-state index in [1.165, 1.54) is 18.2 Å². The van der Waals surface area contributed by atoms with Gasteiger partial charge in [-0.25, -0.2) is 0 Å². The average Bonchev–Trinajstić information content (AvgIpc) is 2.20. The largest absolute Gasteiger partial charge is 0.861 e. The van der Waals surface area contributed by atoms with Gasteiger partial charge in [-0.2, -0.15) is 5.26 Å². The number of hydrogen-bond donors (Lipinski definition) is 2. The molecule has 1 rings (SSSR count). The van der Waals surface area contributed by atoms with Gasteiger partial charge in [0.2, 0.25) is 0 Å². The van der Waals surface area contributed by atoms with Crippen molar-refractivity contribution in [2.45, 2.75) is 13.0 Å². The summed E-state index contributed by atoms with van der Waals surface area (Å²) in [6, 6.07) is 5.86. The summed E-state index contributed by atoms with van der Waals surface area (Å²) in [4.78, 5) is 3.60. The summed E-state index contributed by atoms with van der Waals surface area (Å²) >= 11 is 0. The van der Waals surface area contributed by atoms with Crippen LogP contribution >= 0.6 is 0 Å². The number of rotatable bonds is 3. The third-order valence-electron chi connectivity index (χ3n) is 1.71. The van der Waals surface area contributed by atoms with Gasteiger partial charge in [-0.3, -0.25) is 4.99 Å². The number of nitrogens with zero attached hydrogens (tertiary/aromatic N) is 2. The fourth-order valence-corrected chi connectivity index (χ4v) is 0.970. The fourth-order valence-electron chi connectivity index (χ4n) is 0.970. The molecule has 0 unspecified atom stereocenters. The van der Waals surface area contributed by atoms with Gasteiger partial charge in [-0.15, -0.1) is 0 Å². The van der Waals surface area contributed by atoms with E-state index in [1.807, 2.05) is 0 Å². The van der Waals surface area contributed by atoms with E-state index in [0.29, 0.717) is 5.56 Å². The van der Waals surface area contributed by atoms with Gasteiger partial charge in [0, 0.05) is 0 Å². The van der Waals surface area contributed by atoms with Crippen LogP contribution in [0, 0.1) is 11.3 Å². The Balaban J connectivity index is 2.70. The van der Waals surface area contributed by atoms with Crippen LogP contribution in [0.1, 0.15) is 12.0 Å². The Labute approximate surface area is 86.6 Å². The fraction of sp³-hybridized carbons (Fsp3) is 0.200. The molecule has 0 aliphatic rings. The van der Waals surface area contributed by atoms with Crippen LogP contribution in [-0.4, -0.2) is 16.1 Å². The Morgan fingerprint density at radius 3 is 2.73 bits per heavy atom. The van der Waals surface area contributed by atoms with Crippen LogP contribution in [0.3, 0.4) is 0 Å². The van der Waals surface area contributed by atoms with E-state index >= 15 is 0 Å². The van der Waals surface area contributed by atoms with Crippen LogP contribution in [-0.2, 0) is 6.54 Å². The minimum absolute atomic E-state index is 0.0916. The van der Waals surface area contributed by atoms with Crippen molar-refractivity contribution >= 4 is 5.90 Å². The molecule has 1 aromatic rings. The van der Waals surface area contributed by atoms with Gasteiger partial charge in [-0.1, -0.05) is 6.07 Å². The lowest BCUT2D eigenvalue weighted by molar-refractivity contribution is -0.217. The number of aromatic hydroxyl groups is 2. The minimum atomic E-state index is -0.495. The highest BCUT2D eigenvalue weighted by molar-refractivity contribution is 5.73. The molecule has 2 N–H and O–H groups in total. The molecule has 0 amide bonds. The van der Waals surface area contributed by atoms with Gasteiger partial charge in [0.1, 0.15) is 0 Å². The second-order valence-electron chi connectivity index (χ2n) is 2.87. The maximum atomic E-state index is 10.9. The molecule has 5 heteroatoms. The molecule has 0 aliphatic heterocycles. The third-order valence-corrected chi connectivity index (χ3v) is 1.71. The summed E-state index contributed by atoms with van der Waals surface area (Å²) < 4.78 is 0. The highest BCUT2D eigenvalue weighted by Gasteiger charge is 1.99. The van der Waals surface area contributed by atoms with Gasteiger partial charge >= 0.3 is 0 Å². The van der Waals surface area contributed by atoms with Crippen LogP contribution in [0.4, 0.5) is 0 Å². The van der Waals surface area contributed by atoms with Crippen molar-refractivity contribution in [2.24, 2.45) is 4.99 Å². The second-order valence-corrected chi connectivity index (χ2v) is 2.87. The van der Waals surface area contributed by atoms with E-state index < -0.39 is 5.90 Å². The molecule has 0 saturated carbocycles. The third kappa shape index (κ3) is 3.19. The standard InChI is InChI=1S/C10H10N2O3/c11-4-3-10(15)12-6-7-1-2-8(13)9(14)5-7/h1-2,5,13-14H,3,6H2,(H,12,15)/p-1. The van der Waals surface area contributed by atoms with Crippen molar-refractivity contribution in [1.29, 1.82) is 5.26 Å². The van der Waals surface area contributed by atoms with Gasteiger partial charge < -0.3 is 15.3 Å². The molecule has 5 nitrogen and oxygen atoms in total. The summed E-state index contributed by atoms with van der Waals surface area (Å²) in [6.07, 6.45) is -0.246. The monoisotopic (exact) mass is 205 g/mol. The molecule has 78 valence electrons. The molecule has 0 fully saturated rings. The van der Waals surface area contributed by atoms with Crippen LogP contribution < -0.4 is 5.11 Å². The van der Waals surface area contributed by atoms with E-state index in [1.54, 1.807) is 6.07 Å². The van der Waals surface area contributed by atoms with Gasteiger partial charge in [0.25, 0.3) is 0 Å². The van der Waals surface area contributed by atoms with Crippen LogP contribution in [0.25, 0.3) is 0 Å². The lowest BCUT2D eigenvalue weighted by atomic mass is 10.2. The zero-order chi connectivity index (χ0) is 11.3. The first-order chi connectivity index (χ1) is 7.13. The van der Waals surface area contributed by atoms with Crippen molar-refractivity contribution in [3.63, 3.8) is 0 Å². The lowest BCUT2D eigenvalue weighted by Gasteiger charge is -2.06. The summed E-state index contributed by atoms with van der Waals surface area (Å²) in [6.45, 7) is 0.0916. The molecular weight excluding hydrogens is 196 g/mol. The molecule has 0 spiro atoms. The molecule has 1 aromatic carbocycles. The lowest BCUT2D eigenvalue weighted by Crippen LogP contribution is -2.16. The second kappa shape index (κ2) is 4.86. The summed E-state index contributed by atoms with van der Waals surface area (Å²) in [5, 5.41) is 37.2. The van der Waals surface area contributed by atoms with Gasteiger partial charge in [0.05, 0.1) is 19.0 Å². The zero-order valence-corrected chi connectivity index (χ0v) is 7.84. The van der Waals surface area contributed by atoms with Gasteiger partial charge in [0.15, 0.2) is 11.5 Å². The van der Waals surface area contributed by atoms with E-state index in [0.717, 1.165) is 0 Å². The first-order valence-corrected chi connectivity index (χ1v) is 4.21. The molecule has 0 saturated heterocycles. The SMILES string of the molecule is N#CCC([O-])=NCc1ccc(O)c(O)c1. The van der Waals surface area contributed by atoms with E-state index in [2.05, 4.69) is 4.99 Å². The summed E-state index contributed by atoms with van der Waals surface area (Å²) in [5.41, 5.74) is 0.594. The number of hydrogen-bond acceptors (Lipinski definition) is 5. The first-order valence-electron chi connectivity index (χ1n) is 4.21. The topological polar surface area (TPSA) is 99.7 Å². The van der Waals surface area contributed by atoms with Crippen LogP contribution in [0.5, 0.6) is 11.5 Å². The quantitative estimate of drug-likeness (QED) is 0.420. The normalized spacial score (nSPS) is 11.0. The van der Waals surface area contributed by atoms with Crippen molar-refractivity contribution in [1.82, 2.24) is 0 Å². The Morgan fingerprint density at radius 1 is 1.40 bits per heavy atom. The number of nitriles is 1. The van der Waals surface area contributed by atoms with Crippen molar-refractivity contribution in [3.05, 3.63) is 23.8 Å². The Hall–Kier alpha value is -2.22. The number of phenolic OH excluding ortho intramolecular Hbond substituents is 2. The van der Waals surface area contributed by atoms with E-state index in [9.17, 15) is 5.11 Å². The summed E-state index contributed by atoms with van der Waals surface area (Å²) in [5.74, 6) is -0.970. The van der Waals surface area contributed by atoms with Crippen molar-refractivity contribution in [3.8, 4) is 17.6 Å². The molecule has 15 heavy (non-hydrogen) atoms. The summed E-state index contributed by atoms with van der Waals surface area (Å²) in [7, 11) is 0. The zero-order valence-electron chi connectivity index (χ0n) is 7.84. The first kappa shape index (κ1) is 10.9. The minimum Gasteiger partial charge on any atom is -0.861 e. The molecule has 0 bridgehead atoms. The highest BCUT2D eigenvalue weighted by atomic mass is 16.3. The Morgan fingerprint density at radius 2 is 2.13 bits per heavy atom.